The van der Waals surface area contributed by atoms with Crippen molar-refractivity contribution in [3.63, 3.8) is 0 Å². The monoisotopic (exact) mass is 920 g/mol. The molecule has 0 spiro atoms. The molecule has 0 saturated carbocycles. The molecule has 0 bridgehead atoms. The van der Waals surface area contributed by atoms with E-state index in [4.69, 9.17) is 0 Å². The fourth-order valence-corrected chi connectivity index (χ4v) is 6.73. The number of halogens is 20. The van der Waals surface area contributed by atoms with E-state index in [0.29, 0.717) is 0 Å². The molecule has 0 atom stereocenters. The summed E-state index contributed by atoms with van der Waals surface area (Å²) in [6, 6.07) is 0. The molecule has 0 aromatic heterocycles. The minimum atomic E-state index is -2.52. The zero-order valence-corrected chi connectivity index (χ0v) is 31.2. The Hall–Kier alpha value is -4.68. The quantitative estimate of drug-likeness (QED) is 0.0993. The van der Waals surface area contributed by atoms with Gasteiger partial charge in [0.05, 0.1) is 0 Å². The lowest BCUT2D eigenvalue weighted by Gasteiger charge is -2.32. The maximum atomic E-state index is 14.8. The third-order valence-electron chi connectivity index (χ3n) is 10.1. The zero-order valence-electron chi connectivity index (χ0n) is 31.2. The van der Waals surface area contributed by atoms with Crippen molar-refractivity contribution in [3.05, 3.63) is 139 Å². The minimum Gasteiger partial charge on any atom is -0.298 e. The first kappa shape index (κ1) is 48.4. The van der Waals surface area contributed by atoms with E-state index in [1.54, 1.807) is 0 Å². The number of hydrogen-bond donors (Lipinski definition) is 0. The first-order valence-corrected chi connectivity index (χ1v) is 18.0. The Labute approximate surface area is 337 Å². The van der Waals surface area contributed by atoms with E-state index < -0.39 is 217 Å². The largest absolute Gasteiger partial charge is 0.298 e. The van der Waals surface area contributed by atoms with E-state index in [0.717, 1.165) is 19.6 Å². The van der Waals surface area contributed by atoms with Crippen LogP contribution < -0.4 is 0 Å². The second-order valence-electron chi connectivity index (χ2n) is 14.0. The molecular weight excluding hydrogens is 892 g/mol. The fourth-order valence-electron chi connectivity index (χ4n) is 6.73. The van der Waals surface area contributed by atoms with Gasteiger partial charge in [-0.15, -0.1) is 0 Å². The van der Waals surface area contributed by atoms with E-state index in [-0.39, 0.29) is 12.8 Å². The number of nitrogens with zero attached hydrogens (tertiary/aromatic N) is 4. The van der Waals surface area contributed by atoms with Gasteiger partial charge in [-0.05, 0) is 39.0 Å². The molecule has 0 amide bonds. The Morgan fingerprint density at radius 2 is 0.323 bits per heavy atom. The maximum Gasteiger partial charge on any atom is 0.200 e. The van der Waals surface area contributed by atoms with E-state index in [1.165, 1.54) is 0 Å². The summed E-state index contributed by atoms with van der Waals surface area (Å²) < 4.78 is 287. The lowest BCUT2D eigenvalue weighted by atomic mass is 10.1. The van der Waals surface area contributed by atoms with Gasteiger partial charge in [0.1, 0.15) is 0 Å². The molecule has 0 aliphatic carbocycles. The summed E-state index contributed by atoms with van der Waals surface area (Å²) in [5.41, 5.74) is -5.57. The van der Waals surface area contributed by atoms with Crippen molar-refractivity contribution >= 4 is 0 Å². The summed E-state index contributed by atoms with van der Waals surface area (Å²) in [5.74, 6) is -47.1. The molecule has 62 heavy (non-hydrogen) atoms. The van der Waals surface area contributed by atoms with Crippen molar-refractivity contribution in [2.45, 2.75) is 39.0 Å². The van der Waals surface area contributed by atoms with Crippen LogP contribution in [0.3, 0.4) is 0 Å². The number of rotatable bonds is 8. The number of benzene rings is 4. The molecule has 4 aromatic rings. The molecule has 0 N–H and O–H groups in total. The molecule has 1 fully saturated rings. The van der Waals surface area contributed by atoms with Crippen molar-refractivity contribution in [1.29, 1.82) is 0 Å². The molecule has 0 unspecified atom stereocenters. The van der Waals surface area contributed by atoms with Gasteiger partial charge in [-0.3, -0.25) is 19.6 Å². The van der Waals surface area contributed by atoms with Gasteiger partial charge < -0.3 is 0 Å². The van der Waals surface area contributed by atoms with Gasteiger partial charge in [0.15, 0.2) is 93.1 Å². The van der Waals surface area contributed by atoms with Crippen LogP contribution in [0.4, 0.5) is 87.8 Å². The van der Waals surface area contributed by atoms with Gasteiger partial charge in [-0.25, -0.2) is 87.8 Å². The maximum absolute atomic E-state index is 14.8. The number of hydrogen-bond acceptors (Lipinski definition) is 4. The van der Waals surface area contributed by atoms with Crippen LogP contribution in [0.5, 0.6) is 0 Å². The summed E-state index contributed by atoms with van der Waals surface area (Å²) in [6.45, 7) is -8.80. The highest BCUT2D eigenvalue weighted by atomic mass is 19.2. The van der Waals surface area contributed by atoms with E-state index in [1.807, 2.05) is 0 Å². The molecule has 1 heterocycles. The van der Waals surface area contributed by atoms with Crippen molar-refractivity contribution < 1.29 is 87.8 Å². The van der Waals surface area contributed by atoms with Gasteiger partial charge in [0.2, 0.25) is 23.3 Å². The Bertz CT molecular complexity index is 1910. The van der Waals surface area contributed by atoms with Crippen LogP contribution in [-0.4, -0.2) is 72.0 Å². The molecule has 340 valence electrons. The van der Waals surface area contributed by atoms with E-state index >= 15 is 0 Å². The van der Waals surface area contributed by atoms with Crippen LogP contribution in [0.1, 0.15) is 35.1 Å². The molecule has 1 saturated heterocycles. The smallest absolute Gasteiger partial charge is 0.200 e. The molecule has 1 aliphatic heterocycles. The van der Waals surface area contributed by atoms with Crippen molar-refractivity contribution in [2.24, 2.45) is 0 Å². The third kappa shape index (κ3) is 9.76. The summed E-state index contributed by atoms with van der Waals surface area (Å²) in [4.78, 5) is 3.95. The highest BCUT2D eigenvalue weighted by Crippen LogP contribution is 2.29. The van der Waals surface area contributed by atoms with Gasteiger partial charge in [0, 0.05) is 74.6 Å². The predicted molar refractivity (Wildman–Crippen MR) is 175 cm³/mol. The van der Waals surface area contributed by atoms with E-state index in [2.05, 4.69) is 0 Å². The van der Waals surface area contributed by atoms with Crippen LogP contribution in [0.25, 0.3) is 0 Å². The van der Waals surface area contributed by atoms with Crippen LogP contribution in [0.2, 0.25) is 0 Å². The molecule has 5 rings (SSSR count). The summed E-state index contributed by atoms with van der Waals surface area (Å²) >= 11 is 0. The minimum absolute atomic E-state index is 0.375. The highest BCUT2D eigenvalue weighted by molar-refractivity contribution is 5.27. The molecule has 4 aromatic carbocycles. The molecule has 24 heteroatoms. The highest BCUT2D eigenvalue weighted by Gasteiger charge is 2.32. The Kier molecular flexibility index (Phi) is 15.4. The first-order valence-electron chi connectivity index (χ1n) is 18.0. The Morgan fingerprint density at radius 1 is 0.194 bits per heavy atom. The average Bonchev–Trinajstić information content (AvgIpc) is 3.26. The van der Waals surface area contributed by atoms with Gasteiger partial charge in [0.25, 0.3) is 0 Å². The van der Waals surface area contributed by atoms with Crippen LogP contribution in [-0.2, 0) is 26.2 Å². The SMILES string of the molecule is Fc1c(F)c(F)c(CN2CCCN(Cc3c(F)c(F)c(F)c(F)c3F)CCN(Cc3c(F)c(F)c(F)c(F)c3F)CCCN(Cc3c(F)c(F)c(F)c(F)c3F)CC2)c(F)c1F. The van der Waals surface area contributed by atoms with Gasteiger partial charge in [-0.2, -0.15) is 0 Å². The molecule has 0 radical (unpaired) electrons. The summed E-state index contributed by atoms with van der Waals surface area (Å²) in [5, 5.41) is 0. The standard InChI is InChI=1S/C38H28F20N4/c39-19-15(20(40)28(48)35(55)27(19)47)11-59-3-1-4-60(12-16-21(41)29(49)36(56)30(50)22(16)42)8-10-62(14-18-25(45)33(53)38(58)34(54)26(18)46)6-2-5-61(9-7-59)13-17-23(43)31(51)37(57)32(52)24(17)44/h1-14H2. The van der Waals surface area contributed by atoms with Crippen LogP contribution >= 0.6 is 0 Å². The van der Waals surface area contributed by atoms with Crippen LogP contribution in [0.15, 0.2) is 0 Å². The average molecular weight is 921 g/mol. The summed E-state index contributed by atoms with van der Waals surface area (Å²) in [6.07, 6.45) is -0.750. The molecule has 1 aliphatic rings. The van der Waals surface area contributed by atoms with Crippen molar-refractivity contribution in [2.75, 3.05) is 52.4 Å². The Morgan fingerprint density at radius 3 is 0.468 bits per heavy atom. The zero-order chi connectivity index (χ0) is 46.1. The van der Waals surface area contributed by atoms with Gasteiger partial charge >= 0.3 is 0 Å². The third-order valence-corrected chi connectivity index (χ3v) is 10.1. The predicted octanol–water partition coefficient (Wildman–Crippen LogP) is 9.57. The Balaban J connectivity index is 1.55. The fraction of sp³-hybridized carbons (Fsp3) is 0.368. The molecular formula is C38H28F20N4. The molecule has 4 nitrogen and oxygen atoms in total. The first-order chi connectivity index (χ1) is 29.1. The second-order valence-corrected chi connectivity index (χ2v) is 14.0. The lowest BCUT2D eigenvalue weighted by molar-refractivity contribution is 0.142. The summed E-state index contributed by atoms with van der Waals surface area (Å²) in [7, 11) is 0. The topological polar surface area (TPSA) is 13.0 Å². The van der Waals surface area contributed by atoms with Crippen LogP contribution in [0, 0.1) is 116 Å². The van der Waals surface area contributed by atoms with Crippen molar-refractivity contribution in [1.82, 2.24) is 19.6 Å². The van der Waals surface area contributed by atoms with Crippen molar-refractivity contribution in [3.8, 4) is 0 Å². The lowest BCUT2D eigenvalue weighted by Crippen LogP contribution is -2.41. The van der Waals surface area contributed by atoms with E-state index in [9.17, 15) is 87.8 Å². The van der Waals surface area contributed by atoms with Gasteiger partial charge in [-0.1, -0.05) is 0 Å². The normalized spacial score (nSPS) is 16.1. The second kappa shape index (κ2) is 19.8.